The van der Waals surface area contributed by atoms with Crippen molar-refractivity contribution >= 4 is 5.91 Å². The number of nitrogens with two attached hydrogens (primary N) is 1. The lowest BCUT2D eigenvalue weighted by molar-refractivity contribution is -0.121. The summed E-state index contributed by atoms with van der Waals surface area (Å²) in [5.41, 5.74) is 5.48. The molecule has 1 atom stereocenters. The summed E-state index contributed by atoms with van der Waals surface area (Å²) in [6.07, 6.45) is 2.49. The molecule has 1 unspecified atom stereocenters. The molecule has 90 valence electrons. The van der Waals surface area contributed by atoms with E-state index in [2.05, 4.69) is 17.1 Å². The molecule has 0 saturated heterocycles. The SMILES string of the molecule is CC(CN)CCC(=O)NCCCN(C)C. The van der Waals surface area contributed by atoms with E-state index in [0.29, 0.717) is 18.9 Å². The molecule has 15 heavy (non-hydrogen) atoms. The largest absolute Gasteiger partial charge is 0.356 e. The van der Waals surface area contributed by atoms with E-state index in [1.54, 1.807) is 0 Å². The van der Waals surface area contributed by atoms with Gasteiger partial charge in [-0.2, -0.15) is 0 Å². The number of hydrogen-bond donors (Lipinski definition) is 2. The maximum Gasteiger partial charge on any atom is 0.220 e. The molecule has 0 bridgehead atoms. The lowest BCUT2D eigenvalue weighted by atomic mass is 10.1. The van der Waals surface area contributed by atoms with Crippen LogP contribution in [-0.4, -0.2) is 44.5 Å². The van der Waals surface area contributed by atoms with Gasteiger partial charge in [-0.15, -0.1) is 0 Å². The Bertz CT molecular complexity index is 171. The first-order valence-electron chi connectivity index (χ1n) is 5.67. The van der Waals surface area contributed by atoms with E-state index in [4.69, 9.17) is 5.73 Å². The van der Waals surface area contributed by atoms with E-state index in [-0.39, 0.29) is 5.91 Å². The number of rotatable bonds is 8. The van der Waals surface area contributed by atoms with Crippen LogP contribution in [0.4, 0.5) is 0 Å². The van der Waals surface area contributed by atoms with E-state index in [1.165, 1.54) is 0 Å². The fourth-order valence-electron chi connectivity index (χ4n) is 1.21. The molecule has 0 aromatic carbocycles. The molecule has 0 fully saturated rings. The van der Waals surface area contributed by atoms with Gasteiger partial charge < -0.3 is 16.0 Å². The van der Waals surface area contributed by atoms with Crippen LogP contribution in [-0.2, 0) is 4.79 Å². The topological polar surface area (TPSA) is 58.4 Å². The Kier molecular flexibility index (Phi) is 8.33. The average molecular weight is 215 g/mol. The summed E-state index contributed by atoms with van der Waals surface area (Å²) < 4.78 is 0. The Morgan fingerprint density at radius 2 is 2.13 bits per heavy atom. The van der Waals surface area contributed by atoms with E-state index in [1.807, 2.05) is 14.1 Å². The van der Waals surface area contributed by atoms with Gasteiger partial charge in [0.1, 0.15) is 0 Å². The number of nitrogens with zero attached hydrogens (tertiary/aromatic N) is 1. The summed E-state index contributed by atoms with van der Waals surface area (Å²) in [5, 5.41) is 2.91. The van der Waals surface area contributed by atoms with Crippen LogP contribution in [0.15, 0.2) is 0 Å². The molecule has 1 amide bonds. The zero-order valence-electron chi connectivity index (χ0n) is 10.3. The predicted molar refractivity (Wildman–Crippen MR) is 63.6 cm³/mol. The fraction of sp³-hybridized carbons (Fsp3) is 0.909. The number of hydrogen-bond acceptors (Lipinski definition) is 3. The minimum Gasteiger partial charge on any atom is -0.356 e. The van der Waals surface area contributed by atoms with Crippen LogP contribution >= 0.6 is 0 Å². The van der Waals surface area contributed by atoms with Crippen molar-refractivity contribution in [3.05, 3.63) is 0 Å². The Morgan fingerprint density at radius 1 is 1.47 bits per heavy atom. The normalized spacial score (nSPS) is 12.9. The standard InChI is InChI=1S/C11H25N3O/c1-10(9-12)5-6-11(15)13-7-4-8-14(2)3/h10H,4-9,12H2,1-3H3,(H,13,15). The third-order valence-electron chi connectivity index (χ3n) is 2.37. The summed E-state index contributed by atoms with van der Waals surface area (Å²) in [6.45, 7) is 4.51. The van der Waals surface area contributed by atoms with E-state index >= 15 is 0 Å². The van der Waals surface area contributed by atoms with Crippen molar-refractivity contribution in [3.8, 4) is 0 Å². The van der Waals surface area contributed by atoms with E-state index < -0.39 is 0 Å². The van der Waals surface area contributed by atoms with Gasteiger partial charge in [0.2, 0.25) is 5.91 Å². The molecule has 0 aliphatic carbocycles. The molecule has 0 aromatic heterocycles. The molecular weight excluding hydrogens is 190 g/mol. The van der Waals surface area contributed by atoms with Crippen molar-refractivity contribution in [2.45, 2.75) is 26.2 Å². The van der Waals surface area contributed by atoms with Gasteiger partial charge in [0.15, 0.2) is 0 Å². The van der Waals surface area contributed by atoms with Crippen molar-refractivity contribution in [1.82, 2.24) is 10.2 Å². The highest BCUT2D eigenvalue weighted by atomic mass is 16.1. The third-order valence-corrected chi connectivity index (χ3v) is 2.37. The lowest BCUT2D eigenvalue weighted by Gasteiger charge is -2.11. The van der Waals surface area contributed by atoms with Crippen LogP contribution in [0.3, 0.4) is 0 Å². The van der Waals surface area contributed by atoms with Crippen LogP contribution < -0.4 is 11.1 Å². The third kappa shape index (κ3) is 9.69. The van der Waals surface area contributed by atoms with Crippen molar-refractivity contribution in [2.24, 2.45) is 11.7 Å². The lowest BCUT2D eigenvalue weighted by Crippen LogP contribution is -2.27. The highest BCUT2D eigenvalue weighted by Gasteiger charge is 2.04. The first-order chi connectivity index (χ1) is 7.06. The van der Waals surface area contributed by atoms with Gasteiger partial charge >= 0.3 is 0 Å². The molecule has 0 radical (unpaired) electrons. The van der Waals surface area contributed by atoms with Gasteiger partial charge in [0.05, 0.1) is 0 Å². The minimum atomic E-state index is 0.147. The molecule has 4 nitrogen and oxygen atoms in total. The maximum atomic E-state index is 11.3. The zero-order chi connectivity index (χ0) is 11.7. The van der Waals surface area contributed by atoms with Crippen LogP contribution in [0.25, 0.3) is 0 Å². The molecule has 4 heteroatoms. The highest BCUT2D eigenvalue weighted by molar-refractivity contribution is 5.75. The minimum absolute atomic E-state index is 0.147. The Labute approximate surface area is 93.2 Å². The first kappa shape index (κ1) is 14.4. The summed E-state index contributed by atoms with van der Waals surface area (Å²) in [6, 6.07) is 0. The molecule has 0 spiro atoms. The molecule has 0 rings (SSSR count). The van der Waals surface area contributed by atoms with Crippen LogP contribution in [0.2, 0.25) is 0 Å². The van der Waals surface area contributed by atoms with Crippen molar-refractivity contribution < 1.29 is 4.79 Å². The van der Waals surface area contributed by atoms with E-state index in [0.717, 1.165) is 25.9 Å². The van der Waals surface area contributed by atoms with Gasteiger partial charge in [-0.05, 0) is 45.9 Å². The molecule has 0 aliphatic rings. The zero-order valence-corrected chi connectivity index (χ0v) is 10.3. The van der Waals surface area contributed by atoms with Gasteiger partial charge in [0, 0.05) is 13.0 Å². The molecule has 0 saturated carbocycles. The van der Waals surface area contributed by atoms with Crippen LogP contribution in [0.1, 0.15) is 26.2 Å². The average Bonchev–Trinajstić information content (AvgIpc) is 2.20. The quantitative estimate of drug-likeness (QED) is 0.577. The smallest absolute Gasteiger partial charge is 0.220 e. The molecule has 0 aromatic rings. The predicted octanol–water partition coefficient (Wildman–Crippen LogP) is 0.429. The molecule has 0 heterocycles. The second-order valence-electron chi connectivity index (χ2n) is 4.39. The van der Waals surface area contributed by atoms with Gasteiger partial charge in [-0.25, -0.2) is 0 Å². The number of carbonyl (C=O) groups is 1. The second kappa shape index (κ2) is 8.68. The van der Waals surface area contributed by atoms with Crippen LogP contribution in [0, 0.1) is 5.92 Å². The monoisotopic (exact) mass is 215 g/mol. The van der Waals surface area contributed by atoms with Gasteiger partial charge in [-0.3, -0.25) is 4.79 Å². The second-order valence-corrected chi connectivity index (χ2v) is 4.39. The molecular formula is C11H25N3O. The highest BCUT2D eigenvalue weighted by Crippen LogP contribution is 2.02. The Balaban J connectivity index is 3.34. The van der Waals surface area contributed by atoms with Gasteiger partial charge in [-0.1, -0.05) is 6.92 Å². The van der Waals surface area contributed by atoms with E-state index in [9.17, 15) is 4.79 Å². The van der Waals surface area contributed by atoms with Crippen molar-refractivity contribution in [3.63, 3.8) is 0 Å². The Hall–Kier alpha value is -0.610. The van der Waals surface area contributed by atoms with Crippen molar-refractivity contribution in [1.29, 1.82) is 0 Å². The number of carbonyl (C=O) groups excluding carboxylic acids is 1. The van der Waals surface area contributed by atoms with Gasteiger partial charge in [0.25, 0.3) is 0 Å². The summed E-state index contributed by atoms with van der Waals surface area (Å²) in [4.78, 5) is 13.5. The number of nitrogens with one attached hydrogen (secondary N) is 1. The van der Waals surface area contributed by atoms with Crippen LogP contribution in [0.5, 0.6) is 0 Å². The summed E-state index contributed by atoms with van der Waals surface area (Å²) >= 11 is 0. The molecule has 3 N–H and O–H groups in total. The Morgan fingerprint density at radius 3 is 2.67 bits per heavy atom. The molecule has 0 aliphatic heterocycles. The summed E-state index contributed by atoms with van der Waals surface area (Å²) in [7, 11) is 4.06. The van der Waals surface area contributed by atoms with Crippen molar-refractivity contribution in [2.75, 3.05) is 33.7 Å². The number of amides is 1. The first-order valence-corrected chi connectivity index (χ1v) is 5.67. The fourth-order valence-corrected chi connectivity index (χ4v) is 1.21. The summed E-state index contributed by atoms with van der Waals surface area (Å²) in [5.74, 6) is 0.589. The maximum absolute atomic E-state index is 11.3.